The fraction of sp³-hybridized carbons (Fsp3) is 0.867. The first-order chi connectivity index (χ1) is 9.47. The van der Waals surface area contributed by atoms with E-state index >= 15 is 0 Å². The number of aliphatic hydroxyl groups excluding tert-OH is 1. The second kappa shape index (κ2) is 5.02. The molecule has 112 valence electrons. The average Bonchev–Trinajstić information content (AvgIpc) is 3.05. The molecule has 2 N–H and O–H groups in total. The molecule has 0 aromatic heterocycles. The van der Waals surface area contributed by atoms with Crippen molar-refractivity contribution < 1.29 is 19.8 Å². The molecule has 20 heavy (non-hydrogen) atoms. The third kappa shape index (κ3) is 2.22. The molecule has 0 bridgehead atoms. The van der Waals surface area contributed by atoms with E-state index in [1.165, 1.54) is 0 Å². The van der Waals surface area contributed by atoms with Gasteiger partial charge in [-0.2, -0.15) is 0 Å². The van der Waals surface area contributed by atoms with Crippen LogP contribution in [0, 0.1) is 29.6 Å². The lowest BCUT2D eigenvalue weighted by Crippen LogP contribution is -2.39. The molecule has 0 spiro atoms. The zero-order valence-electron chi connectivity index (χ0n) is 11.9. The van der Waals surface area contributed by atoms with Crippen molar-refractivity contribution in [3.63, 3.8) is 0 Å². The number of aliphatic carboxylic acids is 1. The molecule has 4 unspecified atom stereocenters. The number of carboxylic acid groups (broad SMARTS) is 1. The van der Waals surface area contributed by atoms with Crippen molar-refractivity contribution in [3.05, 3.63) is 0 Å². The van der Waals surface area contributed by atoms with Gasteiger partial charge in [-0.05, 0) is 37.5 Å². The number of hydrogen-bond acceptors (Lipinski definition) is 3. The molecule has 1 amide bonds. The van der Waals surface area contributed by atoms with Gasteiger partial charge >= 0.3 is 5.97 Å². The smallest absolute Gasteiger partial charge is 0.307 e. The van der Waals surface area contributed by atoms with Crippen molar-refractivity contribution in [2.75, 3.05) is 13.1 Å². The number of carbonyl (C=O) groups excluding carboxylic acids is 1. The van der Waals surface area contributed by atoms with E-state index in [2.05, 4.69) is 0 Å². The summed E-state index contributed by atoms with van der Waals surface area (Å²) < 4.78 is 0. The Morgan fingerprint density at radius 2 is 1.80 bits per heavy atom. The zero-order chi connectivity index (χ0) is 14.4. The van der Waals surface area contributed by atoms with Gasteiger partial charge in [-0.15, -0.1) is 0 Å². The minimum Gasteiger partial charge on any atom is -0.481 e. The van der Waals surface area contributed by atoms with Gasteiger partial charge < -0.3 is 15.1 Å². The highest BCUT2D eigenvalue weighted by Crippen LogP contribution is 2.42. The Bertz CT molecular complexity index is 424. The third-order valence-corrected chi connectivity index (χ3v) is 5.56. The second-order valence-corrected chi connectivity index (χ2v) is 6.94. The molecular weight excluding hydrogens is 258 g/mol. The number of carboxylic acids is 1. The van der Waals surface area contributed by atoms with Gasteiger partial charge in [0.05, 0.1) is 17.9 Å². The lowest BCUT2D eigenvalue weighted by atomic mass is 9.95. The lowest BCUT2D eigenvalue weighted by Gasteiger charge is -2.24. The van der Waals surface area contributed by atoms with Gasteiger partial charge in [0, 0.05) is 19.0 Å². The van der Waals surface area contributed by atoms with E-state index in [4.69, 9.17) is 0 Å². The number of rotatable bonds is 2. The summed E-state index contributed by atoms with van der Waals surface area (Å²) in [4.78, 5) is 25.8. The fourth-order valence-corrected chi connectivity index (χ4v) is 4.49. The van der Waals surface area contributed by atoms with Crippen LogP contribution in [-0.2, 0) is 9.59 Å². The van der Waals surface area contributed by atoms with Crippen LogP contribution in [0.4, 0.5) is 0 Å². The maximum absolute atomic E-state index is 12.6. The Balaban J connectivity index is 1.69. The van der Waals surface area contributed by atoms with E-state index in [0.717, 1.165) is 12.8 Å². The summed E-state index contributed by atoms with van der Waals surface area (Å²) in [5.74, 6) is -0.799. The molecule has 1 heterocycles. The van der Waals surface area contributed by atoms with Crippen LogP contribution in [0.2, 0.25) is 0 Å². The first-order valence-electron chi connectivity index (χ1n) is 7.67. The molecule has 1 aliphatic heterocycles. The molecule has 0 radical (unpaired) electrons. The maximum Gasteiger partial charge on any atom is 0.307 e. The minimum atomic E-state index is -0.841. The van der Waals surface area contributed by atoms with Gasteiger partial charge in [0.15, 0.2) is 0 Å². The minimum absolute atomic E-state index is 0.00310. The Hall–Kier alpha value is -1.10. The SMILES string of the molecule is CC1C[C@H](C(=O)N2CC3CCC(O)C3C2)[C@H](C(=O)O)C1. The van der Waals surface area contributed by atoms with Gasteiger partial charge in [-0.1, -0.05) is 6.92 Å². The fourth-order valence-electron chi connectivity index (χ4n) is 4.49. The molecule has 3 rings (SSSR count). The molecular formula is C15H23NO4. The second-order valence-electron chi connectivity index (χ2n) is 6.94. The molecule has 0 aromatic carbocycles. The molecule has 2 saturated carbocycles. The van der Waals surface area contributed by atoms with Crippen LogP contribution < -0.4 is 0 Å². The highest BCUT2D eigenvalue weighted by atomic mass is 16.4. The number of hydrogen-bond donors (Lipinski definition) is 2. The third-order valence-electron chi connectivity index (χ3n) is 5.56. The largest absolute Gasteiger partial charge is 0.481 e. The van der Waals surface area contributed by atoms with Crippen LogP contribution in [0.3, 0.4) is 0 Å². The summed E-state index contributed by atoms with van der Waals surface area (Å²) >= 11 is 0. The molecule has 6 atom stereocenters. The Morgan fingerprint density at radius 3 is 2.45 bits per heavy atom. The van der Waals surface area contributed by atoms with E-state index in [1.54, 1.807) is 0 Å². The Morgan fingerprint density at radius 1 is 1.10 bits per heavy atom. The highest BCUT2D eigenvalue weighted by molar-refractivity contribution is 5.85. The van der Waals surface area contributed by atoms with Gasteiger partial charge in [0.25, 0.3) is 0 Å². The monoisotopic (exact) mass is 281 g/mol. The first kappa shape index (κ1) is 13.9. The summed E-state index contributed by atoms with van der Waals surface area (Å²) in [7, 11) is 0. The van der Waals surface area contributed by atoms with E-state index in [9.17, 15) is 19.8 Å². The molecule has 1 saturated heterocycles. The van der Waals surface area contributed by atoms with E-state index in [1.807, 2.05) is 11.8 Å². The van der Waals surface area contributed by atoms with Crippen LogP contribution in [0.1, 0.15) is 32.6 Å². The number of likely N-dealkylation sites (tertiary alicyclic amines) is 1. The van der Waals surface area contributed by atoms with Crippen molar-refractivity contribution in [1.82, 2.24) is 4.90 Å². The molecule has 2 aliphatic carbocycles. The number of carbonyl (C=O) groups is 2. The number of aliphatic hydroxyl groups is 1. The molecule has 3 aliphatic rings. The Kier molecular flexibility index (Phi) is 3.48. The van der Waals surface area contributed by atoms with E-state index < -0.39 is 11.9 Å². The van der Waals surface area contributed by atoms with Gasteiger partial charge in [-0.25, -0.2) is 0 Å². The lowest BCUT2D eigenvalue weighted by molar-refractivity contribution is -0.148. The molecule has 5 heteroatoms. The molecule has 5 nitrogen and oxygen atoms in total. The van der Waals surface area contributed by atoms with Crippen LogP contribution in [-0.4, -0.2) is 46.2 Å². The van der Waals surface area contributed by atoms with Crippen molar-refractivity contribution in [1.29, 1.82) is 0 Å². The number of amides is 1. The summed E-state index contributed by atoms with van der Waals surface area (Å²) in [6.07, 6.45) is 2.84. The molecule has 3 fully saturated rings. The summed E-state index contributed by atoms with van der Waals surface area (Å²) in [6, 6.07) is 0. The number of fused-ring (bicyclic) bond motifs is 1. The predicted molar refractivity (Wildman–Crippen MR) is 71.8 cm³/mol. The normalized spacial score (nSPS) is 43.8. The average molecular weight is 281 g/mol. The number of nitrogens with zero attached hydrogens (tertiary/aromatic N) is 1. The quantitative estimate of drug-likeness (QED) is 0.790. The van der Waals surface area contributed by atoms with Crippen LogP contribution in [0.25, 0.3) is 0 Å². The van der Waals surface area contributed by atoms with Gasteiger partial charge in [0.2, 0.25) is 5.91 Å². The van der Waals surface area contributed by atoms with Gasteiger partial charge in [0.1, 0.15) is 0 Å². The molecule has 0 aromatic rings. The first-order valence-corrected chi connectivity index (χ1v) is 7.67. The topological polar surface area (TPSA) is 77.8 Å². The Labute approximate surface area is 119 Å². The highest BCUT2D eigenvalue weighted by Gasteiger charge is 2.48. The van der Waals surface area contributed by atoms with Crippen LogP contribution >= 0.6 is 0 Å². The van der Waals surface area contributed by atoms with Gasteiger partial charge in [-0.3, -0.25) is 9.59 Å². The summed E-state index contributed by atoms with van der Waals surface area (Å²) in [5, 5.41) is 19.2. The van der Waals surface area contributed by atoms with Crippen molar-refractivity contribution >= 4 is 11.9 Å². The van der Waals surface area contributed by atoms with E-state index in [-0.39, 0.29) is 23.8 Å². The van der Waals surface area contributed by atoms with Crippen molar-refractivity contribution in [3.8, 4) is 0 Å². The van der Waals surface area contributed by atoms with Crippen molar-refractivity contribution in [2.24, 2.45) is 29.6 Å². The predicted octanol–water partition coefficient (Wildman–Crippen LogP) is 0.963. The van der Waals surface area contributed by atoms with Crippen molar-refractivity contribution in [2.45, 2.75) is 38.7 Å². The van der Waals surface area contributed by atoms with E-state index in [0.29, 0.717) is 37.8 Å². The summed E-state index contributed by atoms with van der Waals surface area (Å²) in [6.45, 7) is 3.34. The van der Waals surface area contributed by atoms with Crippen LogP contribution in [0.15, 0.2) is 0 Å². The zero-order valence-corrected chi connectivity index (χ0v) is 11.9. The maximum atomic E-state index is 12.6. The van der Waals surface area contributed by atoms with Crippen LogP contribution in [0.5, 0.6) is 0 Å². The standard InChI is InChI=1S/C15H23NO4/c1-8-4-10(11(5-8)15(19)20)14(18)16-6-9-2-3-13(17)12(9)7-16/h8-13,17H,2-7H2,1H3,(H,19,20)/t8?,9?,10-,11+,12?,13?/m0/s1. The summed E-state index contributed by atoms with van der Waals surface area (Å²) in [5.41, 5.74) is 0.